The first-order chi connectivity index (χ1) is 6.20. The fourth-order valence-electron chi connectivity index (χ4n) is 1.48. The van der Waals surface area contributed by atoms with E-state index in [-0.39, 0.29) is 130 Å². The normalized spacial score (nSPS) is 8.06. The van der Waals surface area contributed by atoms with Crippen molar-refractivity contribution >= 4 is 10.8 Å². The second-order valence-corrected chi connectivity index (χ2v) is 3.11. The molecule has 0 aliphatic heterocycles. The molecule has 0 unspecified atom stereocenters. The summed E-state index contributed by atoms with van der Waals surface area (Å²) in [5, 5.41) is 20.6. The molecule has 0 aliphatic rings. The summed E-state index contributed by atoms with van der Waals surface area (Å²) in [6.45, 7) is 1.77. The summed E-state index contributed by atoms with van der Waals surface area (Å²) in [4.78, 5) is 0. The minimum atomic E-state index is 0. The molecule has 2 aromatic rings. The molecule has 2 rings (SSSR count). The molecule has 0 amide bonds. The molecule has 0 spiro atoms. The molecule has 17 heavy (non-hydrogen) atoms. The van der Waals surface area contributed by atoms with E-state index >= 15 is 0 Å². The van der Waals surface area contributed by atoms with Crippen molar-refractivity contribution in [2.45, 2.75) is 6.92 Å². The Morgan fingerprint density at radius 1 is 0.824 bits per heavy atom. The summed E-state index contributed by atoms with van der Waals surface area (Å²) in [6, 6.07) is 8.80. The Balaban J connectivity index is -0.000000490. The van der Waals surface area contributed by atoms with E-state index in [1.54, 1.807) is 25.1 Å². The first-order valence-corrected chi connectivity index (χ1v) is 4.10. The third-order valence-electron chi connectivity index (χ3n) is 2.18. The van der Waals surface area contributed by atoms with Crippen LogP contribution in [0.2, 0.25) is 0 Å². The summed E-state index contributed by atoms with van der Waals surface area (Å²) in [5.74, 6) is 0.458. The fourth-order valence-corrected chi connectivity index (χ4v) is 1.48. The van der Waals surface area contributed by atoms with Crippen LogP contribution in [0.25, 0.3) is 10.8 Å². The number of aryl methyl sites for hydroxylation is 1. The molecule has 0 radical (unpaired) electrons. The van der Waals surface area contributed by atoms with E-state index in [1.165, 1.54) is 0 Å². The molecule has 2 nitrogen and oxygen atoms in total. The van der Waals surface area contributed by atoms with Crippen molar-refractivity contribution in [2.24, 2.45) is 0 Å². The fraction of sp³-hybridized carbons (Fsp3) is 0.0909. The first-order valence-electron chi connectivity index (χ1n) is 4.10. The van der Waals surface area contributed by atoms with Crippen LogP contribution in [0.5, 0.6) is 11.5 Å². The van der Waals surface area contributed by atoms with E-state index in [2.05, 4.69) is 0 Å². The number of fused-ring (bicyclic) bond motifs is 1. The van der Waals surface area contributed by atoms with Crippen molar-refractivity contribution in [3.8, 4) is 11.5 Å². The van der Waals surface area contributed by atoms with Crippen molar-refractivity contribution < 1.29 is 128 Å². The van der Waals surface area contributed by atoms with Crippen LogP contribution in [0.1, 0.15) is 5.56 Å². The summed E-state index contributed by atoms with van der Waals surface area (Å²) in [6.07, 6.45) is 0. The van der Waals surface area contributed by atoms with Crippen LogP contribution in [0.4, 0.5) is 0 Å². The average molecular weight is 266 g/mol. The van der Waals surface area contributed by atoms with Crippen LogP contribution >= 0.6 is 0 Å². The van der Waals surface area contributed by atoms with Gasteiger partial charge in [-0.1, -0.05) is 24.3 Å². The van der Waals surface area contributed by atoms with Crippen LogP contribution in [0, 0.1) is 6.92 Å². The van der Waals surface area contributed by atoms with Gasteiger partial charge in [-0.3, -0.25) is 0 Å². The first kappa shape index (κ1) is 24.3. The van der Waals surface area contributed by atoms with Gasteiger partial charge in [-0.25, -0.2) is 0 Å². The number of benzene rings is 2. The van der Waals surface area contributed by atoms with Crippen molar-refractivity contribution in [1.29, 1.82) is 0 Å². The molecule has 0 bridgehead atoms. The molecule has 0 heterocycles. The van der Waals surface area contributed by atoms with Crippen molar-refractivity contribution in [3.05, 3.63) is 35.9 Å². The quantitative estimate of drug-likeness (QED) is 0.367. The Kier molecular flexibility index (Phi) is 15.8. The van der Waals surface area contributed by atoms with E-state index in [1.807, 2.05) is 12.1 Å². The predicted octanol–water partition coefficient (Wildman–Crippen LogP) is -9.42. The van der Waals surface area contributed by atoms with Gasteiger partial charge in [0, 0.05) is 10.8 Å². The number of phenolic OH excluding ortho intramolecular Hbond substituents is 2. The van der Waals surface area contributed by atoms with E-state index in [0.717, 1.165) is 0 Å². The number of hydrogen-bond acceptors (Lipinski definition) is 2. The SMILES string of the molecule is Cc1cc(O)c2ccccc2c1O.[Na+].[Na+].[Na+].[Na+]. The van der Waals surface area contributed by atoms with Gasteiger partial charge >= 0.3 is 118 Å². The van der Waals surface area contributed by atoms with Crippen LogP contribution in [-0.2, 0) is 0 Å². The zero-order valence-corrected chi connectivity index (χ0v) is 19.3. The molecular weight excluding hydrogens is 256 g/mol. The number of phenols is 2. The van der Waals surface area contributed by atoms with Gasteiger partial charge in [-0.2, -0.15) is 0 Å². The molecule has 2 N–H and O–H groups in total. The molecule has 0 atom stereocenters. The standard InChI is InChI=1S/C11H10O2.4Na/c1-7-6-10(12)8-4-2-3-5-9(8)11(7)13;;;;/h2-6,12-13H,1H3;;;;/q;4*+1. The number of aromatic hydroxyl groups is 2. The van der Waals surface area contributed by atoms with E-state index in [0.29, 0.717) is 16.3 Å². The predicted molar refractivity (Wildman–Crippen MR) is 52.0 cm³/mol. The Morgan fingerprint density at radius 2 is 1.29 bits per heavy atom. The smallest absolute Gasteiger partial charge is 0.507 e. The Morgan fingerprint density at radius 3 is 1.82 bits per heavy atom. The van der Waals surface area contributed by atoms with Gasteiger partial charge in [0.15, 0.2) is 0 Å². The molecule has 6 heteroatoms. The van der Waals surface area contributed by atoms with Crippen LogP contribution in [0.15, 0.2) is 30.3 Å². The Bertz CT molecular complexity index is 474. The maximum atomic E-state index is 9.67. The second kappa shape index (κ2) is 11.0. The van der Waals surface area contributed by atoms with Gasteiger partial charge in [0.25, 0.3) is 0 Å². The van der Waals surface area contributed by atoms with E-state index < -0.39 is 0 Å². The maximum absolute atomic E-state index is 9.67. The second-order valence-electron chi connectivity index (χ2n) is 3.11. The zero-order chi connectivity index (χ0) is 9.42. The topological polar surface area (TPSA) is 40.5 Å². The minimum absolute atomic E-state index is 0. The summed E-state index contributed by atoms with van der Waals surface area (Å²) >= 11 is 0. The monoisotopic (exact) mass is 266 g/mol. The van der Waals surface area contributed by atoms with Gasteiger partial charge in [0.05, 0.1) is 0 Å². The molecule has 0 saturated heterocycles. The average Bonchev–Trinajstić information content (AvgIpc) is 2.15. The van der Waals surface area contributed by atoms with Gasteiger partial charge in [-0.05, 0) is 18.6 Å². The van der Waals surface area contributed by atoms with Gasteiger partial charge in [0.1, 0.15) is 11.5 Å². The van der Waals surface area contributed by atoms with Crippen molar-refractivity contribution in [1.82, 2.24) is 0 Å². The number of hydrogen-bond donors (Lipinski definition) is 2. The Labute approximate surface area is 190 Å². The molecule has 0 saturated carbocycles. The van der Waals surface area contributed by atoms with E-state index in [9.17, 15) is 10.2 Å². The van der Waals surface area contributed by atoms with Gasteiger partial charge in [-0.15, -0.1) is 0 Å². The molecule has 0 aromatic heterocycles. The summed E-state index contributed by atoms with van der Waals surface area (Å²) in [5.41, 5.74) is 0.691. The van der Waals surface area contributed by atoms with Crippen LogP contribution in [-0.4, -0.2) is 10.2 Å². The molecule has 0 aliphatic carbocycles. The van der Waals surface area contributed by atoms with E-state index in [4.69, 9.17) is 0 Å². The molecule has 66 valence electrons. The molecular formula is C11H10Na4O2+4. The van der Waals surface area contributed by atoms with Gasteiger partial charge in [0.2, 0.25) is 0 Å². The summed E-state index contributed by atoms with van der Waals surface area (Å²) < 4.78 is 0. The van der Waals surface area contributed by atoms with Crippen LogP contribution < -0.4 is 118 Å². The molecule has 2 aromatic carbocycles. The Hall–Kier alpha value is 2.30. The third-order valence-corrected chi connectivity index (χ3v) is 2.18. The zero-order valence-electron chi connectivity index (χ0n) is 11.3. The van der Waals surface area contributed by atoms with Crippen molar-refractivity contribution in [2.75, 3.05) is 0 Å². The molecule has 0 fully saturated rings. The van der Waals surface area contributed by atoms with Crippen molar-refractivity contribution in [3.63, 3.8) is 0 Å². The number of rotatable bonds is 0. The van der Waals surface area contributed by atoms with Gasteiger partial charge < -0.3 is 10.2 Å². The van der Waals surface area contributed by atoms with Crippen LogP contribution in [0.3, 0.4) is 0 Å². The summed E-state index contributed by atoms with van der Waals surface area (Å²) in [7, 11) is 0. The third kappa shape index (κ3) is 5.66. The largest absolute Gasteiger partial charge is 1.00 e. The minimum Gasteiger partial charge on any atom is -0.507 e. The maximum Gasteiger partial charge on any atom is 1.00 e.